The van der Waals surface area contributed by atoms with Crippen molar-refractivity contribution < 1.29 is 8.42 Å². The summed E-state index contributed by atoms with van der Waals surface area (Å²) in [7, 11) is -3.00. The van der Waals surface area contributed by atoms with Gasteiger partial charge in [0.1, 0.15) is 0 Å². The van der Waals surface area contributed by atoms with Crippen molar-refractivity contribution in [1.29, 1.82) is 0 Å². The molecule has 3 nitrogen and oxygen atoms in total. The monoisotopic (exact) mass is 269 g/mol. The minimum Gasteiger partial charge on any atom is -0.212 e. The van der Waals surface area contributed by atoms with Gasteiger partial charge in [-0.3, -0.25) is 0 Å². The number of halogens is 1. The van der Waals surface area contributed by atoms with Gasteiger partial charge in [-0.15, -0.1) is 0 Å². The summed E-state index contributed by atoms with van der Waals surface area (Å²) in [6.07, 6.45) is 2.48. The third kappa shape index (κ3) is 3.95. The third-order valence-corrected chi connectivity index (χ3v) is 4.46. The van der Waals surface area contributed by atoms with Crippen LogP contribution in [0.1, 0.15) is 33.1 Å². The highest BCUT2D eigenvalue weighted by molar-refractivity contribution is 9.09. The molecule has 0 saturated heterocycles. The number of sulfonamides is 1. The Hall–Kier alpha value is 0.390. The van der Waals surface area contributed by atoms with Gasteiger partial charge in [-0.2, -0.15) is 0 Å². The molecule has 1 aliphatic rings. The summed E-state index contributed by atoms with van der Waals surface area (Å²) in [5, 5.41) is -0.111. The van der Waals surface area contributed by atoms with E-state index in [1.807, 2.05) is 13.8 Å². The quantitative estimate of drug-likeness (QED) is 0.772. The fraction of sp³-hybridized carbons (Fsp3) is 1.00. The minimum absolute atomic E-state index is 0.0278. The van der Waals surface area contributed by atoms with Gasteiger partial charge < -0.3 is 0 Å². The van der Waals surface area contributed by atoms with Crippen LogP contribution in [0.2, 0.25) is 0 Å². The Kier molecular flexibility index (Phi) is 3.77. The molecule has 1 saturated carbocycles. The molecule has 0 aromatic carbocycles. The second kappa shape index (κ2) is 4.28. The lowest BCUT2D eigenvalue weighted by atomic mass is 10.2. The molecule has 5 heteroatoms. The van der Waals surface area contributed by atoms with Gasteiger partial charge in [0.2, 0.25) is 10.0 Å². The Morgan fingerprint density at radius 3 is 2.38 bits per heavy atom. The van der Waals surface area contributed by atoms with E-state index < -0.39 is 10.0 Å². The average Bonchev–Trinajstić information content (AvgIpc) is 2.60. The molecule has 78 valence electrons. The summed E-state index contributed by atoms with van der Waals surface area (Å²) in [4.78, 5) is 0.351. The van der Waals surface area contributed by atoms with Gasteiger partial charge in [-0.25, -0.2) is 13.1 Å². The highest BCUT2D eigenvalue weighted by Crippen LogP contribution is 2.27. The van der Waals surface area contributed by atoms with Crippen LogP contribution in [0.5, 0.6) is 0 Å². The lowest BCUT2D eigenvalue weighted by Gasteiger charge is -2.14. The van der Waals surface area contributed by atoms with Gasteiger partial charge in [0, 0.05) is 10.9 Å². The van der Waals surface area contributed by atoms with Gasteiger partial charge in [-0.05, 0) is 26.2 Å². The molecule has 0 spiro atoms. The van der Waals surface area contributed by atoms with E-state index >= 15 is 0 Å². The van der Waals surface area contributed by atoms with Crippen LogP contribution in [-0.4, -0.2) is 24.5 Å². The Labute approximate surface area is 88.5 Å². The molecular weight excluding hydrogens is 254 g/mol. The summed E-state index contributed by atoms with van der Waals surface area (Å²) in [6.45, 7) is 3.92. The lowest BCUT2D eigenvalue weighted by molar-refractivity contribution is 0.546. The van der Waals surface area contributed by atoms with Gasteiger partial charge >= 0.3 is 0 Å². The molecule has 0 heterocycles. The molecule has 13 heavy (non-hydrogen) atoms. The molecule has 0 aromatic rings. The predicted molar refractivity (Wildman–Crippen MR) is 57.5 cm³/mol. The molecule has 0 aromatic heterocycles. The van der Waals surface area contributed by atoms with E-state index in [1.54, 1.807) is 0 Å². The van der Waals surface area contributed by atoms with E-state index in [1.165, 1.54) is 0 Å². The van der Waals surface area contributed by atoms with Crippen molar-refractivity contribution in [3.63, 3.8) is 0 Å². The number of hydrogen-bond acceptors (Lipinski definition) is 2. The van der Waals surface area contributed by atoms with Crippen molar-refractivity contribution in [2.24, 2.45) is 0 Å². The van der Waals surface area contributed by atoms with Gasteiger partial charge in [0.15, 0.2) is 0 Å². The standard InChI is InChI=1S/C8H16BrNO2S/c1-6(9)5-7(2)10-13(11,12)8-3-4-8/h6-8,10H,3-5H2,1-2H3. The van der Waals surface area contributed by atoms with Gasteiger partial charge in [-0.1, -0.05) is 22.9 Å². The van der Waals surface area contributed by atoms with Crippen molar-refractivity contribution in [2.75, 3.05) is 0 Å². The smallest absolute Gasteiger partial charge is 0.212 e. The zero-order valence-electron chi connectivity index (χ0n) is 7.96. The maximum atomic E-state index is 11.5. The largest absolute Gasteiger partial charge is 0.214 e. The number of nitrogens with one attached hydrogen (secondary N) is 1. The molecule has 0 aliphatic heterocycles. The van der Waals surface area contributed by atoms with Crippen molar-refractivity contribution >= 4 is 26.0 Å². The molecule has 2 atom stereocenters. The summed E-state index contributed by atoms with van der Waals surface area (Å²) < 4.78 is 25.6. The molecular formula is C8H16BrNO2S. The Balaban J connectivity index is 2.38. The van der Waals surface area contributed by atoms with Crippen LogP contribution in [0.3, 0.4) is 0 Å². The van der Waals surface area contributed by atoms with E-state index in [9.17, 15) is 8.42 Å². The Morgan fingerprint density at radius 1 is 1.46 bits per heavy atom. The van der Waals surface area contributed by atoms with Crippen molar-refractivity contribution in [2.45, 2.75) is 49.2 Å². The second-order valence-electron chi connectivity index (χ2n) is 3.78. The van der Waals surface area contributed by atoms with Crippen molar-refractivity contribution in [3.05, 3.63) is 0 Å². The topological polar surface area (TPSA) is 46.2 Å². The third-order valence-electron chi connectivity index (χ3n) is 2.01. The van der Waals surface area contributed by atoms with Crippen LogP contribution in [0.15, 0.2) is 0 Å². The van der Waals surface area contributed by atoms with Crippen LogP contribution in [0.25, 0.3) is 0 Å². The lowest BCUT2D eigenvalue weighted by Crippen LogP contribution is -2.36. The first kappa shape index (κ1) is 11.5. The second-order valence-corrected chi connectivity index (χ2v) is 7.34. The molecule has 1 fully saturated rings. The zero-order valence-corrected chi connectivity index (χ0v) is 10.4. The predicted octanol–water partition coefficient (Wildman–Crippen LogP) is 1.63. The number of hydrogen-bond donors (Lipinski definition) is 1. The van der Waals surface area contributed by atoms with Crippen LogP contribution in [-0.2, 0) is 10.0 Å². The van der Waals surface area contributed by atoms with E-state index in [4.69, 9.17) is 0 Å². The number of rotatable bonds is 5. The summed E-state index contributed by atoms with van der Waals surface area (Å²) in [5.41, 5.74) is 0. The van der Waals surface area contributed by atoms with E-state index in [0.717, 1.165) is 19.3 Å². The van der Waals surface area contributed by atoms with Crippen LogP contribution in [0, 0.1) is 0 Å². The summed E-state index contributed by atoms with van der Waals surface area (Å²) in [5.74, 6) is 0. The molecule has 0 radical (unpaired) electrons. The van der Waals surface area contributed by atoms with Gasteiger partial charge in [0.05, 0.1) is 5.25 Å². The fourth-order valence-electron chi connectivity index (χ4n) is 1.29. The Morgan fingerprint density at radius 2 is 2.00 bits per heavy atom. The van der Waals surface area contributed by atoms with Crippen molar-refractivity contribution in [1.82, 2.24) is 4.72 Å². The Bertz CT molecular complexity index is 259. The first-order valence-electron chi connectivity index (χ1n) is 4.57. The first-order chi connectivity index (χ1) is 5.92. The SMILES string of the molecule is CC(Br)CC(C)NS(=O)(=O)C1CC1. The summed E-state index contributed by atoms with van der Waals surface area (Å²) >= 11 is 3.40. The molecule has 0 bridgehead atoms. The highest BCUT2D eigenvalue weighted by Gasteiger charge is 2.36. The van der Waals surface area contributed by atoms with Crippen molar-refractivity contribution in [3.8, 4) is 0 Å². The maximum Gasteiger partial charge on any atom is 0.214 e. The van der Waals surface area contributed by atoms with E-state index in [0.29, 0.717) is 4.83 Å². The normalized spacial score (nSPS) is 22.7. The maximum absolute atomic E-state index is 11.5. The van der Waals surface area contributed by atoms with E-state index in [2.05, 4.69) is 20.7 Å². The fourth-order valence-corrected chi connectivity index (χ4v) is 3.46. The van der Waals surface area contributed by atoms with Gasteiger partial charge in [0.25, 0.3) is 0 Å². The zero-order chi connectivity index (χ0) is 10.1. The molecule has 1 aliphatic carbocycles. The molecule has 2 unspecified atom stereocenters. The molecule has 1 rings (SSSR count). The molecule has 1 N–H and O–H groups in total. The average molecular weight is 270 g/mol. The highest BCUT2D eigenvalue weighted by atomic mass is 79.9. The first-order valence-corrected chi connectivity index (χ1v) is 7.03. The summed E-state index contributed by atoms with van der Waals surface area (Å²) in [6, 6.07) is 0.0278. The van der Waals surface area contributed by atoms with Crippen LogP contribution < -0.4 is 4.72 Å². The van der Waals surface area contributed by atoms with Crippen LogP contribution in [0.4, 0.5) is 0 Å². The van der Waals surface area contributed by atoms with E-state index in [-0.39, 0.29) is 11.3 Å². The molecule has 0 amide bonds. The van der Waals surface area contributed by atoms with Crippen LogP contribution >= 0.6 is 15.9 Å². The number of alkyl halides is 1. The minimum atomic E-state index is -3.00.